The zero-order valence-electron chi connectivity index (χ0n) is 20.1. The Morgan fingerprint density at radius 2 is 1.75 bits per heavy atom. The summed E-state index contributed by atoms with van der Waals surface area (Å²) in [5, 5.41) is 11.4. The largest absolute Gasteiger partial charge is 0.480 e. The number of carbonyl (C=O) groups is 2. The molecule has 1 unspecified atom stereocenters. The molecule has 2 aromatic carbocycles. The molecule has 0 bridgehead atoms. The van der Waals surface area contributed by atoms with Crippen LogP contribution < -0.4 is 15.5 Å². The number of pyridine rings is 1. The van der Waals surface area contributed by atoms with Gasteiger partial charge < -0.3 is 15.0 Å². The molecule has 0 saturated carbocycles. The normalized spacial score (nSPS) is 11.9. The second-order valence-electron chi connectivity index (χ2n) is 8.01. The van der Waals surface area contributed by atoms with Crippen molar-refractivity contribution in [2.24, 2.45) is 7.05 Å². The van der Waals surface area contributed by atoms with E-state index in [1.807, 2.05) is 4.72 Å². The van der Waals surface area contributed by atoms with Crippen molar-refractivity contribution in [1.29, 1.82) is 0 Å². The molecule has 1 amide bonds. The first-order valence-electron chi connectivity index (χ1n) is 10.9. The number of fused-ring (bicyclic) bond motifs is 1. The van der Waals surface area contributed by atoms with E-state index in [0.29, 0.717) is 0 Å². The van der Waals surface area contributed by atoms with Crippen LogP contribution in [-0.2, 0) is 21.9 Å². The van der Waals surface area contributed by atoms with Gasteiger partial charge in [-0.2, -0.15) is 4.72 Å². The van der Waals surface area contributed by atoms with Crippen LogP contribution in [0, 0.1) is 12.7 Å². The monoisotopic (exact) mass is 539 g/mol. The summed E-state index contributed by atoms with van der Waals surface area (Å²) >= 11 is 5.75. The molecule has 194 valence electrons. The lowest BCUT2D eigenvalue weighted by Gasteiger charge is -2.16. The van der Waals surface area contributed by atoms with E-state index in [9.17, 15) is 32.3 Å². The van der Waals surface area contributed by atoms with Crippen molar-refractivity contribution < 1.29 is 27.5 Å². The molecular weight excluding hydrogens is 513 g/mol. The third kappa shape index (κ3) is 6.90. The fourth-order valence-electron chi connectivity index (χ4n) is 3.08. The molecule has 1 aromatic heterocycles. The molecule has 3 rings (SSSR count). The lowest BCUT2D eigenvalue weighted by Crippen LogP contribution is -2.48. The number of sulfonamides is 1. The molecule has 0 saturated heterocycles. The molecule has 1 atom stereocenters. The molecule has 3 aromatic rings. The highest BCUT2D eigenvalue weighted by molar-refractivity contribution is 7.89. The van der Waals surface area contributed by atoms with Crippen molar-refractivity contribution in [3.63, 3.8) is 0 Å². The van der Waals surface area contributed by atoms with Gasteiger partial charge in [-0.15, -0.1) is 0 Å². The average Bonchev–Trinajstić information content (AvgIpc) is 2.80. The number of carboxylic acid groups (broad SMARTS) is 1. The number of aliphatic carboxylic acids is 1. The molecule has 36 heavy (non-hydrogen) atoms. The number of amides is 1. The highest BCUT2D eigenvalue weighted by Gasteiger charge is 2.26. The average molecular weight is 540 g/mol. The van der Waals surface area contributed by atoms with Crippen LogP contribution in [-0.4, -0.2) is 42.6 Å². The van der Waals surface area contributed by atoms with E-state index in [-0.39, 0.29) is 26.4 Å². The van der Waals surface area contributed by atoms with E-state index in [0.717, 1.165) is 11.6 Å². The molecule has 0 fully saturated rings. The van der Waals surface area contributed by atoms with Crippen molar-refractivity contribution in [1.82, 2.24) is 14.6 Å². The number of halogens is 2. The molecule has 9 nitrogen and oxygen atoms in total. The minimum atomic E-state index is -4.19. The molecule has 3 N–H and O–H groups in total. The Morgan fingerprint density at radius 1 is 1.17 bits per heavy atom. The maximum atomic E-state index is 13.8. The zero-order chi connectivity index (χ0) is 27.2. The summed E-state index contributed by atoms with van der Waals surface area (Å²) in [5.74, 6) is -3.32. The van der Waals surface area contributed by atoms with Crippen LogP contribution >= 0.6 is 11.6 Å². The highest BCUT2D eigenvalue weighted by Crippen LogP contribution is 2.21. The summed E-state index contributed by atoms with van der Waals surface area (Å²) in [6.45, 7) is 5.37. The van der Waals surface area contributed by atoms with Gasteiger partial charge in [0.1, 0.15) is 17.4 Å². The van der Waals surface area contributed by atoms with Gasteiger partial charge in [0.2, 0.25) is 15.5 Å². The molecule has 0 aliphatic rings. The Labute approximate surface area is 212 Å². The van der Waals surface area contributed by atoms with Crippen LogP contribution in [0.15, 0.2) is 52.3 Å². The number of hydrogen-bond acceptors (Lipinski definition) is 5. The summed E-state index contributed by atoms with van der Waals surface area (Å²) in [7, 11) is -2.67. The summed E-state index contributed by atoms with van der Waals surface area (Å²) in [5.41, 5.74) is -0.0622. The number of aryl methyl sites for hydroxylation is 2. The van der Waals surface area contributed by atoms with Crippen LogP contribution in [0.2, 0.25) is 5.02 Å². The zero-order valence-corrected chi connectivity index (χ0v) is 21.7. The summed E-state index contributed by atoms with van der Waals surface area (Å²) in [6, 6.07) is 6.19. The Balaban J connectivity index is 0.00000145. The number of hydrogen-bond donors (Lipinski definition) is 3. The minimum absolute atomic E-state index is 0.0955. The SMILES string of the molecule is CCC.Cc1ccc(S(=O)(=O)NC(CNC(=O)c2cn(C)c3cc(Cl)c(F)cc3c2=O)C(=O)O)cc1. The number of aromatic nitrogens is 1. The number of carbonyl (C=O) groups excluding carboxylic acids is 1. The number of benzene rings is 2. The predicted octanol–water partition coefficient (Wildman–Crippen LogP) is 3.22. The van der Waals surface area contributed by atoms with E-state index >= 15 is 0 Å². The Kier molecular flexibility index (Phi) is 9.74. The minimum Gasteiger partial charge on any atom is -0.480 e. The summed E-state index contributed by atoms with van der Waals surface area (Å²) in [4.78, 5) is 36.7. The molecule has 0 aliphatic heterocycles. The second kappa shape index (κ2) is 12.1. The first kappa shape index (κ1) is 29.0. The molecule has 0 radical (unpaired) electrons. The fourth-order valence-corrected chi connectivity index (χ4v) is 4.43. The van der Waals surface area contributed by atoms with Gasteiger partial charge in [-0.05, 0) is 31.2 Å². The van der Waals surface area contributed by atoms with E-state index < -0.39 is 45.7 Å². The Bertz CT molecular complexity index is 1440. The Morgan fingerprint density at radius 3 is 2.31 bits per heavy atom. The van der Waals surface area contributed by atoms with Crippen molar-refractivity contribution in [2.45, 2.75) is 38.1 Å². The lowest BCUT2D eigenvalue weighted by molar-refractivity contribution is -0.138. The number of carboxylic acids is 1. The summed E-state index contributed by atoms with van der Waals surface area (Å²) < 4.78 is 42.2. The van der Waals surface area contributed by atoms with E-state index in [2.05, 4.69) is 19.2 Å². The first-order valence-corrected chi connectivity index (χ1v) is 12.8. The van der Waals surface area contributed by atoms with E-state index in [4.69, 9.17) is 11.6 Å². The second-order valence-corrected chi connectivity index (χ2v) is 10.1. The third-order valence-corrected chi connectivity index (χ3v) is 6.65. The van der Waals surface area contributed by atoms with Gasteiger partial charge in [-0.25, -0.2) is 12.8 Å². The molecule has 1 heterocycles. The summed E-state index contributed by atoms with van der Waals surface area (Å²) in [6.07, 6.45) is 2.44. The van der Waals surface area contributed by atoms with Crippen LogP contribution in [0.5, 0.6) is 0 Å². The standard InChI is InChI=1S/C21H19ClFN3O6S.C3H8/c1-11-3-5-12(6-4-11)33(31,32)25-17(21(29)30)9-24-20(28)14-10-26(2)18-8-15(22)16(23)7-13(18)19(14)27;1-3-2/h3-8,10,17,25H,9H2,1-2H3,(H,24,28)(H,29,30);3H2,1-2H3. The van der Waals surface area contributed by atoms with Crippen molar-refractivity contribution in [2.75, 3.05) is 6.54 Å². The van der Waals surface area contributed by atoms with Gasteiger partial charge in [-0.1, -0.05) is 49.6 Å². The fraction of sp³-hybridized carbons (Fsp3) is 0.292. The van der Waals surface area contributed by atoms with Crippen LogP contribution in [0.3, 0.4) is 0 Å². The van der Waals surface area contributed by atoms with Gasteiger partial charge in [0.25, 0.3) is 5.91 Å². The van der Waals surface area contributed by atoms with E-state index in [1.165, 1.54) is 42.4 Å². The highest BCUT2D eigenvalue weighted by atomic mass is 35.5. The van der Waals surface area contributed by atoms with Crippen LogP contribution in [0.1, 0.15) is 36.2 Å². The maximum Gasteiger partial charge on any atom is 0.323 e. The molecule has 12 heteroatoms. The van der Waals surface area contributed by atoms with Crippen molar-refractivity contribution >= 4 is 44.4 Å². The number of nitrogens with zero attached hydrogens (tertiary/aromatic N) is 1. The van der Waals surface area contributed by atoms with Crippen LogP contribution in [0.25, 0.3) is 10.9 Å². The number of rotatable bonds is 7. The molecule has 0 aliphatic carbocycles. The van der Waals surface area contributed by atoms with Gasteiger partial charge >= 0.3 is 5.97 Å². The lowest BCUT2D eigenvalue weighted by atomic mass is 10.1. The quantitative estimate of drug-likeness (QED) is 0.422. The van der Waals surface area contributed by atoms with Crippen LogP contribution in [0.4, 0.5) is 4.39 Å². The molecule has 0 spiro atoms. The third-order valence-electron chi connectivity index (χ3n) is 4.87. The van der Waals surface area contributed by atoms with Gasteiger partial charge in [0.05, 0.1) is 15.4 Å². The van der Waals surface area contributed by atoms with Crippen molar-refractivity contribution in [3.8, 4) is 0 Å². The molecular formula is C24H27ClFN3O6S. The van der Waals surface area contributed by atoms with Gasteiger partial charge in [0.15, 0.2) is 0 Å². The van der Waals surface area contributed by atoms with Gasteiger partial charge in [-0.3, -0.25) is 14.4 Å². The number of nitrogens with one attached hydrogen (secondary N) is 2. The predicted molar refractivity (Wildman–Crippen MR) is 135 cm³/mol. The van der Waals surface area contributed by atoms with Gasteiger partial charge in [0, 0.05) is 25.2 Å². The smallest absolute Gasteiger partial charge is 0.323 e. The maximum absolute atomic E-state index is 13.8. The topological polar surface area (TPSA) is 135 Å². The first-order chi connectivity index (χ1) is 16.8. The van der Waals surface area contributed by atoms with E-state index in [1.54, 1.807) is 19.1 Å². The Hall–Kier alpha value is -3.28. The van der Waals surface area contributed by atoms with Crippen molar-refractivity contribution in [3.05, 3.63) is 74.8 Å².